The summed E-state index contributed by atoms with van der Waals surface area (Å²) in [5, 5.41) is 8.97. The van der Waals surface area contributed by atoms with Gasteiger partial charge in [0.15, 0.2) is 0 Å². The number of carboxylic acids is 1. The minimum absolute atomic E-state index is 0.0642. The van der Waals surface area contributed by atoms with E-state index in [1.807, 2.05) is 0 Å². The van der Waals surface area contributed by atoms with E-state index in [0.717, 1.165) is 0 Å². The van der Waals surface area contributed by atoms with E-state index < -0.39 is 11.8 Å². The van der Waals surface area contributed by atoms with Crippen LogP contribution in [0.2, 0.25) is 5.02 Å². The van der Waals surface area contributed by atoms with Crippen molar-refractivity contribution < 1.29 is 14.3 Å². The van der Waals surface area contributed by atoms with Gasteiger partial charge in [0.2, 0.25) is 0 Å². The highest BCUT2D eigenvalue weighted by molar-refractivity contribution is 6.33. The van der Waals surface area contributed by atoms with E-state index in [1.165, 1.54) is 24.4 Å². The highest BCUT2D eigenvalue weighted by Crippen LogP contribution is 2.29. The maximum absolute atomic E-state index is 13.5. The molecular formula is C11H7ClFNO2. The van der Waals surface area contributed by atoms with Crippen molar-refractivity contribution in [3.63, 3.8) is 0 Å². The molecule has 0 saturated heterocycles. The first-order chi connectivity index (χ1) is 7.59. The van der Waals surface area contributed by atoms with Crippen molar-refractivity contribution in [2.24, 2.45) is 0 Å². The molecule has 0 bridgehead atoms. The molecule has 1 aromatic heterocycles. The van der Waals surface area contributed by atoms with Crippen molar-refractivity contribution in [3.8, 4) is 11.3 Å². The second-order valence-corrected chi connectivity index (χ2v) is 3.61. The number of aromatic carboxylic acids is 1. The highest BCUT2D eigenvalue weighted by Gasteiger charge is 2.13. The van der Waals surface area contributed by atoms with E-state index in [1.54, 1.807) is 6.07 Å². The second kappa shape index (κ2) is 3.98. The Labute approximate surface area is 95.5 Å². The molecule has 16 heavy (non-hydrogen) atoms. The van der Waals surface area contributed by atoms with Crippen LogP contribution in [-0.2, 0) is 0 Å². The lowest BCUT2D eigenvalue weighted by Crippen LogP contribution is -1.91. The maximum Gasteiger partial charge on any atom is 0.337 e. The molecule has 0 aliphatic heterocycles. The van der Waals surface area contributed by atoms with Crippen LogP contribution in [0.15, 0.2) is 30.5 Å². The Morgan fingerprint density at radius 3 is 2.75 bits per heavy atom. The minimum atomic E-state index is -1.07. The number of benzene rings is 1. The molecule has 0 spiro atoms. The number of nitrogens with one attached hydrogen (secondary N) is 1. The van der Waals surface area contributed by atoms with Gasteiger partial charge < -0.3 is 10.1 Å². The number of carboxylic acid groups (broad SMARTS) is 1. The van der Waals surface area contributed by atoms with Crippen molar-refractivity contribution in [2.75, 3.05) is 0 Å². The molecular weight excluding hydrogens is 233 g/mol. The molecule has 0 aliphatic carbocycles. The molecule has 0 fully saturated rings. The largest absolute Gasteiger partial charge is 0.478 e. The predicted molar refractivity (Wildman–Crippen MR) is 58.2 cm³/mol. The van der Waals surface area contributed by atoms with Crippen molar-refractivity contribution in [1.29, 1.82) is 0 Å². The molecule has 0 unspecified atom stereocenters. The topological polar surface area (TPSA) is 53.1 Å². The van der Waals surface area contributed by atoms with Crippen LogP contribution in [-0.4, -0.2) is 16.1 Å². The van der Waals surface area contributed by atoms with Crippen LogP contribution in [0.5, 0.6) is 0 Å². The third-order valence-corrected chi connectivity index (χ3v) is 2.48. The molecule has 3 nitrogen and oxygen atoms in total. The summed E-state index contributed by atoms with van der Waals surface area (Å²) in [6.07, 6.45) is 1.29. The van der Waals surface area contributed by atoms with E-state index in [2.05, 4.69) is 4.98 Å². The van der Waals surface area contributed by atoms with Gasteiger partial charge in [0.25, 0.3) is 0 Å². The summed E-state index contributed by atoms with van der Waals surface area (Å²) in [4.78, 5) is 13.3. The molecule has 0 atom stereocenters. The fourth-order valence-electron chi connectivity index (χ4n) is 1.42. The van der Waals surface area contributed by atoms with E-state index in [4.69, 9.17) is 16.7 Å². The van der Waals surface area contributed by atoms with Gasteiger partial charge in [-0.3, -0.25) is 0 Å². The third kappa shape index (κ3) is 1.79. The number of halogens is 2. The van der Waals surface area contributed by atoms with Crippen LogP contribution in [0.3, 0.4) is 0 Å². The van der Waals surface area contributed by atoms with Crippen LogP contribution in [0.1, 0.15) is 10.4 Å². The fraction of sp³-hybridized carbons (Fsp3) is 0. The average Bonchev–Trinajstić information content (AvgIpc) is 2.66. The Balaban J connectivity index is 2.54. The molecule has 0 radical (unpaired) electrons. The summed E-state index contributed by atoms with van der Waals surface area (Å²) in [5.41, 5.74) is 0.589. The van der Waals surface area contributed by atoms with Crippen molar-refractivity contribution in [3.05, 3.63) is 46.9 Å². The SMILES string of the molecule is O=C(O)c1c[nH]c(-c2c(F)cccc2Cl)c1. The molecule has 1 aromatic carbocycles. The van der Waals surface area contributed by atoms with E-state index in [0.29, 0.717) is 5.69 Å². The van der Waals surface area contributed by atoms with Gasteiger partial charge in [0, 0.05) is 6.20 Å². The number of aromatic amines is 1. The first kappa shape index (κ1) is 10.7. The zero-order valence-electron chi connectivity index (χ0n) is 8.00. The highest BCUT2D eigenvalue weighted by atomic mass is 35.5. The maximum atomic E-state index is 13.5. The minimum Gasteiger partial charge on any atom is -0.478 e. The first-order valence-corrected chi connectivity index (χ1v) is 4.83. The number of rotatable bonds is 2. The molecule has 0 amide bonds. The fourth-order valence-corrected chi connectivity index (χ4v) is 1.68. The Bertz CT molecular complexity index is 530. The van der Waals surface area contributed by atoms with Crippen LogP contribution in [0.25, 0.3) is 11.3 Å². The molecule has 0 saturated carbocycles. The molecule has 1 heterocycles. The zero-order valence-corrected chi connectivity index (χ0v) is 8.75. The number of aromatic nitrogens is 1. The van der Waals surface area contributed by atoms with Gasteiger partial charge in [-0.15, -0.1) is 0 Å². The number of H-pyrrole nitrogens is 1. The van der Waals surface area contributed by atoms with Gasteiger partial charge in [-0.25, -0.2) is 9.18 Å². The Morgan fingerprint density at radius 2 is 2.19 bits per heavy atom. The lowest BCUT2D eigenvalue weighted by molar-refractivity contribution is 0.0697. The lowest BCUT2D eigenvalue weighted by Gasteiger charge is -2.02. The van der Waals surface area contributed by atoms with Gasteiger partial charge >= 0.3 is 5.97 Å². The number of hydrogen-bond donors (Lipinski definition) is 2. The van der Waals surface area contributed by atoms with Crippen LogP contribution < -0.4 is 0 Å². The predicted octanol–water partition coefficient (Wildman–Crippen LogP) is 3.17. The molecule has 2 N–H and O–H groups in total. The summed E-state index contributed by atoms with van der Waals surface area (Å²) < 4.78 is 13.5. The van der Waals surface area contributed by atoms with Gasteiger partial charge in [-0.2, -0.15) is 0 Å². The van der Waals surface area contributed by atoms with Crippen molar-refractivity contribution in [1.82, 2.24) is 4.98 Å². The van der Waals surface area contributed by atoms with Gasteiger partial charge in [-0.1, -0.05) is 17.7 Å². The summed E-state index contributed by atoms with van der Waals surface area (Å²) in [7, 11) is 0. The van der Waals surface area contributed by atoms with E-state index in [9.17, 15) is 9.18 Å². The molecule has 82 valence electrons. The zero-order chi connectivity index (χ0) is 11.7. The average molecular weight is 240 g/mol. The molecule has 5 heteroatoms. The normalized spacial score (nSPS) is 10.4. The van der Waals surface area contributed by atoms with E-state index in [-0.39, 0.29) is 16.1 Å². The van der Waals surface area contributed by atoms with Crippen molar-refractivity contribution in [2.45, 2.75) is 0 Å². The summed E-state index contributed by atoms with van der Waals surface area (Å²) in [6, 6.07) is 5.64. The second-order valence-electron chi connectivity index (χ2n) is 3.20. The lowest BCUT2D eigenvalue weighted by atomic mass is 10.1. The smallest absolute Gasteiger partial charge is 0.337 e. The first-order valence-electron chi connectivity index (χ1n) is 4.45. The van der Waals surface area contributed by atoms with Crippen LogP contribution in [0, 0.1) is 5.82 Å². The molecule has 0 aliphatic rings. The number of hydrogen-bond acceptors (Lipinski definition) is 1. The summed E-state index contributed by atoms with van der Waals surface area (Å²) in [5.74, 6) is -1.57. The van der Waals surface area contributed by atoms with Crippen LogP contribution in [0.4, 0.5) is 4.39 Å². The Hall–Kier alpha value is -1.81. The standard InChI is InChI=1S/C11H7ClFNO2/c12-7-2-1-3-8(13)10(7)9-4-6(5-14-9)11(15)16/h1-5,14H,(H,15,16). The van der Waals surface area contributed by atoms with Gasteiger partial charge in [-0.05, 0) is 18.2 Å². The monoisotopic (exact) mass is 239 g/mol. The Kier molecular flexibility index (Phi) is 2.66. The Morgan fingerprint density at radius 1 is 1.44 bits per heavy atom. The summed E-state index contributed by atoms with van der Waals surface area (Å²) >= 11 is 5.85. The molecule has 2 rings (SSSR count). The summed E-state index contributed by atoms with van der Waals surface area (Å²) in [6.45, 7) is 0. The van der Waals surface area contributed by atoms with Gasteiger partial charge in [0.1, 0.15) is 5.82 Å². The van der Waals surface area contributed by atoms with Crippen molar-refractivity contribution >= 4 is 17.6 Å². The van der Waals surface area contributed by atoms with E-state index >= 15 is 0 Å². The number of carbonyl (C=O) groups is 1. The van der Waals surface area contributed by atoms with Gasteiger partial charge in [0.05, 0.1) is 21.8 Å². The quantitative estimate of drug-likeness (QED) is 0.846. The van der Waals surface area contributed by atoms with Crippen LogP contribution >= 0.6 is 11.6 Å². The third-order valence-electron chi connectivity index (χ3n) is 2.16. The molecule has 2 aromatic rings.